The number of hydrogen-bond donors (Lipinski definition) is 2. The minimum absolute atomic E-state index is 0.127. The van der Waals surface area contributed by atoms with Crippen LogP contribution in [-0.4, -0.2) is 28.9 Å². The van der Waals surface area contributed by atoms with Gasteiger partial charge in [-0.3, -0.25) is 10.1 Å². The van der Waals surface area contributed by atoms with Crippen molar-refractivity contribution in [3.8, 4) is 17.1 Å². The number of aromatic nitrogens is 2. The van der Waals surface area contributed by atoms with Gasteiger partial charge in [0.25, 0.3) is 5.91 Å². The molecule has 2 aromatic heterocycles. The highest BCUT2D eigenvalue weighted by Gasteiger charge is 2.19. The van der Waals surface area contributed by atoms with Gasteiger partial charge in [-0.25, -0.2) is 13.9 Å². The van der Waals surface area contributed by atoms with E-state index in [1.165, 1.54) is 30.2 Å². The highest BCUT2D eigenvalue weighted by molar-refractivity contribution is 6.04. The number of rotatable bonds is 5. The van der Waals surface area contributed by atoms with Crippen molar-refractivity contribution in [2.45, 2.75) is 0 Å². The molecular weight excluding hydrogens is 403 g/mol. The lowest BCUT2D eigenvalue weighted by Crippen LogP contribution is -2.17. The SMILES string of the molecule is COC(=O)Nc1cc(NC(=O)c2cc(-c3ccco3)nn2-c2ccccc2)ccc1F. The molecule has 8 nitrogen and oxygen atoms in total. The van der Waals surface area contributed by atoms with Gasteiger partial charge in [-0.2, -0.15) is 5.10 Å². The number of nitrogens with one attached hydrogen (secondary N) is 2. The standard InChI is InChI=1S/C22H17FN4O4/c1-30-22(29)25-17-12-14(9-10-16(17)23)24-21(28)19-13-18(20-8-5-11-31-20)26-27(19)15-6-3-2-4-7-15/h2-13H,1H3,(H,24,28)(H,25,29). The number of furan rings is 1. The minimum Gasteiger partial charge on any atom is -0.463 e. The number of ether oxygens (including phenoxy) is 1. The second-order valence-electron chi connectivity index (χ2n) is 6.40. The van der Waals surface area contributed by atoms with Gasteiger partial charge in [0.05, 0.1) is 24.7 Å². The molecule has 0 unspecified atom stereocenters. The van der Waals surface area contributed by atoms with Crippen molar-refractivity contribution in [3.05, 3.63) is 84.5 Å². The summed E-state index contributed by atoms with van der Waals surface area (Å²) < 4.78 is 25.3. The first-order valence-corrected chi connectivity index (χ1v) is 9.20. The molecule has 0 bridgehead atoms. The van der Waals surface area contributed by atoms with Crippen LogP contribution >= 0.6 is 0 Å². The van der Waals surface area contributed by atoms with E-state index in [-0.39, 0.29) is 17.1 Å². The van der Waals surface area contributed by atoms with Crippen molar-refractivity contribution in [1.29, 1.82) is 0 Å². The highest BCUT2D eigenvalue weighted by atomic mass is 19.1. The second kappa shape index (κ2) is 8.54. The number of halogens is 1. The molecule has 9 heteroatoms. The van der Waals surface area contributed by atoms with Crippen molar-refractivity contribution in [3.63, 3.8) is 0 Å². The van der Waals surface area contributed by atoms with Gasteiger partial charge in [-0.05, 0) is 42.5 Å². The maximum atomic E-state index is 14.0. The fourth-order valence-electron chi connectivity index (χ4n) is 2.91. The lowest BCUT2D eigenvalue weighted by molar-refractivity contribution is 0.101. The van der Waals surface area contributed by atoms with Crippen LogP contribution in [0.2, 0.25) is 0 Å². The lowest BCUT2D eigenvalue weighted by Gasteiger charge is -2.10. The molecule has 2 heterocycles. The summed E-state index contributed by atoms with van der Waals surface area (Å²) in [4.78, 5) is 24.5. The summed E-state index contributed by atoms with van der Waals surface area (Å²) in [6.07, 6.45) is 0.693. The first-order valence-electron chi connectivity index (χ1n) is 9.20. The number of benzene rings is 2. The summed E-state index contributed by atoms with van der Waals surface area (Å²) in [6.45, 7) is 0. The Morgan fingerprint density at radius 1 is 1.03 bits per heavy atom. The number of para-hydroxylation sites is 1. The maximum Gasteiger partial charge on any atom is 0.411 e. The monoisotopic (exact) mass is 420 g/mol. The quantitative estimate of drug-likeness (QED) is 0.488. The normalized spacial score (nSPS) is 10.5. The van der Waals surface area contributed by atoms with E-state index in [0.717, 1.165) is 6.07 Å². The highest BCUT2D eigenvalue weighted by Crippen LogP contribution is 2.24. The first kappa shape index (κ1) is 19.9. The minimum atomic E-state index is -0.826. The van der Waals surface area contributed by atoms with E-state index in [9.17, 15) is 14.0 Å². The Bertz CT molecular complexity index is 1220. The summed E-state index contributed by atoms with van der Waals surface area (Å²) >= 11 is 0. The molecule has 0 saturated carbocycles. The molecule has 2 N–H and O–H groups in total. The molecule has 0 aliphatic heterocycles. The summed E-state index contributed by atoms with van der Waals surface area (Å²) in [5.74, 6) is -0.641. The van der Waals surface area contributed by atoms with Crippen LogP contribution in [0.25, 0.3) is 17.1 Å². The van der Waals surface area contributed by atoms with Crippen LogP contribution in [0, 0.1) is 5.82 Å². The fourth-order valence-corrected chi connectivity index (χ4v) is 2.91. The van der Waals surface area contributed by atoms with E-state index in [4.69, 9.17) is 4.42 Å². The molecule has 0 saturated heterocycles. The van der Waals surface area contributed by atoms with Crippen molar-refractivity contribution >= 4 is 23.4 Å². The van der Waals surface area contributed by atoms with Gasteiger partial charge >= 0.3 is 6.09 Å². The van der Waals surface area contributed by atoms with E-state index in [2.05, 4.69) is 20.5 Å². The van der Waals surface area contributed by atoms with Crippen LogP contribution in [0.3, 0.4) is 0 Å². The van der Waals surface area contributed by atoms with Gasteiger partial charge in [0, 0.05) is 11.8 Å². The molecule has 0 aliphatic rings. The van der Waals surface area contributed by atoms with Crippen LogP contribution in [-0.2, 0) is 4.74 Å². The van der Waals surface area contributed by atoms with E-state index in [1.807, 2.05) is 30.3 Å². The Balaban J connectivity index is 1.67. The van der Waals surface area contributed by atoms with Crippen LogP contribution < -0.4 is 10.6 Å². The molecule has 0 fully saturated rings. The van der Waals surface area contributed by atoms with E-state index < -0.39 is 17.8 Å². The fraction of sp³-hybridized carbons (Fsp3) is 0.0455. The summed E-state index contributed by atoms with van der Waals surface area (Å²) in [5.41, 5.74) is 1.55. The molecule has 2 aromatic carbocycles. The predicted molar refractivity (Wildman–Crippen MR) is 112 cm³/mol. The lowest BCUT2D eigenvalue weighted by atomic mass is 10.2. The summed E-state index contributed by atoms with van der Waals surface area (Å²) in [6, 6.07) is 18.0. The maximum absolute atomic E-state index is 14.0. The van der Waals surface area contributed by atoms with Crippen molar-refractivity contribution in [1.82, 2.24) is 9.78 Å². The molecule has 31 heavy (non-hydrogen) atoms. The topological polar surface area (TPSA) is 98.4 Å². The van der Waals surface area contributed by atoms with Gasteiger partial charge in [0.15, 0.2) is 5.76 Å². The van der Waals surface area contributed by atoms with Crippen LogP contribution in [0.1, 0.15) is 10.5 Å². The molecule has 0 aliphatic carbocycles. The number of methoxy groups -OCH3 is 1. The van der Waals surface area contributed by atoms with Crippen molar-refractivity contribution in [2.24, 2.45) is 0 Å². The van der Waals surface area contributed by atoms with Gasteiger partial charge in [-0.1, -0.05) is 18.2 Å². The number of carbonyl (C=O) groups excluding carboxylic acids is 2. The smallest absolute Gasteiger partial charge is 0.411 e. The van der Waals surface area contributed by atoms with Crippen LogP contribution in [0.5, 0.6) is 0 Å². The zero-order chi connectivity index (χ0) is 21.8. The van der Waals surface area contributed by atoms with Gasteiger partial charge in [-0.15, -0.1) is 0 Å². The molecular formula is C22H17FN4O4. The van der Waals surface area contributed by atoms with E-state index in [1.54, 1.807) is 18.2 Å². The summed E-state index contributed by atoms with van der Waals surface area (Å²) in [5, 5.41) is 9.45. The van der Waals surface area contributed by atoms with Gasteiger partial charge in [0.1, 0.15) is 17.2 Å². The second-order valence-corrected chi connectivity index (χ2v) is 6.40. The molecule has 0 radical (unpaired) electrons. The number of amides is 2. The van der Waals surface area contributed by atoms with E-state index in [0.29, 0.717) is 17.1 Å². The van der Waals surface area contributed by atoms with Gasteiger partial charge < -0.3 is 14.5 Å². The summed E-state index contributed by atoms with van der Waals surface area (Å²) in [7, 11) is 1.17. The Morgan fingerprint density at radius 2 is 1.84 bits per heavy atom. The van der Waals surface area contributed by atoms with Crippen molar-refractivity contribution in [2.75, 3.05) is 17.7 Å². The Hall–Kier alpha value is -4.40. The molecule has 0 spiro atoms. The van der Waals surface area contributed by atoms with Crippen molar-refractivity contribution < 1.29 is 23.1 Å². The molecule has 4 rings (SSSR count). The van der Waals surface area contributed by atoms with Gasteiger partial charge in [0.2, 0.25) is 0 Å². The zero-order valence-electron chi connectivity index (χ0n) is 16.3. The van der Waals surface area contributed by atoms with Crippen LogP contribution in [0.15, 0.2) is 77.4 Å². The third-order valence-electron chi connectivity index (χ3n) is 4.36. The van der Waals surface area contributed by atoms with Crippen LogP contribution in [0.4, 0.5) is 20.6 Å². The Kier molecular flexibility index (Phi) is 5.48. The molecule has 156 valence electrons. The van der Waals surface area contributed by atoms with E-state index >= 15 is 0 Å². The Morgan fingerprint density at radius 3 is 2.55 bits per heavy atom. The average molecular weight is 420 g/mol. The average Bonchev–Trinajstić information content (AvgIpc) is 3.46. The zero-order valence-corrected chi connectivity index (χ0v) is 16.3. The molecule has 0 atom stereocenters. The molecule has 2 amide bonds. The molecule has 4 aromatic rings. The largest absolute Gasteiger partial charge is 0.463 e. The number of anilines is 2. The predicted octanol–water partition coefficient (Wildman–Crippen LogP) is 4.70. The third kappa shape index (κ3) is 4.30. The Labute approximate surface area is 176 Å². The number of carbonyl (C=O) groups is 2. The third-order valence-corrected chi connectivity index (χ3v) is 4.36. The number of hydrogen-bond acceptors (Lipinski definition) is 5. The number of nitrogens with zero attached hydrogens (tertiary/aromatic N) is 2. The first-order chi connectivity index (χ1) is 15.0.